The van der Waals surface area contributed by atoms with E-state index in [-0.39, 0.29) is 5.91 Å². The van der Waals surface area contributed by atoms with Crippen LogP contribution in [0.2, 0.25) is 0 Å². The molecule has 1 aliphatic heterocycles. The maximum Gasteiger partial charge on any atom is 0.226 e. The molecule has 0 spiro atoms. The number of likely N-dealkylation sites (tertiary alicyclic amines) is 1. The van der Waals surface area contributed by atoms with Gasteiger partial charge < -0.3 is 5.32 Å². The van der Waals surface area contributed by atoms with Gasteiger partial charge in [0.1, 0.15) is 5.01 Å². The number of rotatable bonds is 8. The molecule has 1 aliphatic rings. The van der Waals surface area contributed by atoms with E-state index >= 15 is 0 Å². The lowest BCUT2D eigenvalue weighted by atomic mass is 10.1. The van der Waals surface area contributed by atoms with Crippen LogP contribution in [0, 0.1) is 0 Å². The molecule has 0 aromatic carbocycles. The molecule has 2 heterocycles. The molecule has 0 bridgehead atoms. The van der Waals surface area contributed by atoms with Crippen LogP contribution in [-0.4, -0.2) is 34.1 Å². The Balaban J connectivity index is 1.70. The van der Waals surface area contributed by atoms with Gasteiger partial charge in [-0.05, 0) is 32.4 Å². The van der Waals surface area contributed by atoms with Crippen molar-refractivity contribution in [3.05, 3.63) is 5.01 Å². The molecule has 1 saturated heterocycles. The molecule has 5 nitrogen and oxygen atoms in total. The van der Waals surface area contributed by atoms with Crippen molar-refractivity contribution in [2.75, 3.05) is 18.4 Å². The van der Waals surface area contributed by atoms with E-state index < -0.39 is 0 Å². The zero-order chi connectivity index (χ0) is 14.9. The number of anilines is 1. The molecular weight excluding hydrogens is 284 g/mol. The summed E-state index contributed by atoms with van der Waals surface area (Å²) in [7, 11) is 0. The normalized spacial score (nSPS) is 16.0. The van der Waals surface area contributed by atoms with Crippen LogP contribution in [0.3, 0.4) is 0 Å². The first kappa shape index (κ1) is 16.4. The molecule has 0 atom stereocenters. The summed E-state index contributed by atoms with van der Waals surface area (Å²) < 4.78 is 0. The summed E-state index contributed by atoms with van der Waals surface area (Å²) in [6.45, 7) is 5.34. The monoisotopic (exact) mass is 310 g/mol. The third-order valence-electron chi connectivity index (χ3n) is 3.78. The lowest BCUT2D eigenvalue weighted by Crippen LogP contribution is -2.28. The third kappa shape index (κ3) is 6.09. The highest BCUT2D eigenvalue weighted by atomic mass is 32.1. The average Bonchev–Trinajstić information content (AvgIpc) is 2.92. The number of carbonyl (C=O) groups is 1. The molecule has 1 aromatic rings. The Kier molecular flexibility index (Phi) is 7.09. The highest BCUT2D eigenvalue weighted by Crippen LogP contribution is 2.19. The molecule has 1 aromatic heterocycles. The van der Waals surface area contributed by atoms with Crippen LogP contribution < -0.4 is 5.32 Å². The Morgan fingerprint density at radius 2 is 2.00 bits per heavy atom. The van der Waals surface area contributed by atoms with Gasteiger partial charge in [-0.15, -0.1) is 10.2 Å². The van der Waals surface area contributed by atoms with E-state index in [4.69, 9.17) is 0 Å². The lowest BCUT2D eigenvalue weighted by molar-refractivity contribution is -0.116. The van der Waals surface area contributed by atoms with E-state index in [1.165, 1.54) is 43.4 Å². The number of amides is 1. The van der Waals surface area contributed by atoms with Crippen molar-refractivity contribution in [1.29, 1.82) is 0 Å². The molecule has 118 valence electrons. The number of unbranched alkanes of at least 4 members (excludes halogenated alkanes) is 3. The van der Waals surface area contributed by atoms with Crippen LogP contribution >= 0.6 is 11.3 Å². The number of carbonyl (C=O) groups excluding carboxylic acids is 1. The third-order valence-corrected chi connectivity index (χ3v) is 4.60. The van der Waals surface area contributed by atoms with Gasteiger partial charge in [0.25, 0.3) is 0 Å². The molecule has 2 rings (SSSR count). The van der Waals surface area contributed by atoms with E-state index in [2.05, 4.69) is 27.3 Å². The summed E-state index contributed by atoms with van der Waals surface area (Å²) in [6, 6.07) is 0. The largest absolute Gasteiger partial charge is 0.301 e. The minimum atomic E-state index is 0.0618. The SMILES string of the molecule is CCCCCCC(=O)Nc1nnc(CN2CCCCC2)s1. The average molecular weight is 310 g/mol. The number of hydrogen-bond acceptors (Lipinski definition) is 5. The van der Waals surface area contributed by atoms with Gasteiger partial charge in [0.05, 0.1) is 6.54 Å². The summed E-state index contributed by atoms with van der Waals surface area (Å²) in [5.74, 6) is 0.0618. The number of nitrogens with one attached hydrogen (secondary N) is 1. The molecule has 0 radical (unpaired) electrons. The summed E-state index contributed by atoms with van der Waals surface area (Å²) in [5, 5.41) is 12.8. The highest BCUT2D eigenvalue weighted by Gasteiger charge is 2.14. The van der Waals surface area contributed by atoms with Crippen LogP contribution in [0.1, 0.15) is 63.3 Å². The predicted molar refractivity (Wildman–Crippen MR) is 86.4 cm³/mol. The van der Waals surface area contributed by atoms with Crippen molar-refractivity contribution in [2.24, 2.45) is 0 Å². The molecule has 1 amide bonds. The molecule has 6 heteroatoms. The topological polar surface area (TPSA) is 58.1 Å². The first-order valence-electron chi connectivity index (χ1n) is 8.12. The Hall–Kier alpha value is -1.01. The maximum absolute atomic E-state index is 11.8. The molecule has 21 heavy (non-hydrogen) atoms. The van der Waals surface area contributed by atoms with Crippen molar-refractivity contribution in [2.45, 2.75) is 64.8 Å². The fourth-order valence-electron chi connectivity index (χ4n) is 2.57. The molecule has 0 saturated carbocycles. The van der Waals surface area contributed by atoms with Crippen LogP contribution in [0.25, 0.3) is 0 Å². The second kappa shape index (κ2) is 9.10. The summed E-state index contributed by atoms with van der Waals surface area (Å²) in [4.78, 5) is 14.2. The zero-order valence-electron chi connectivity index (χ0n) is 12.9. The number of piperidine rings is 1. The highest BCUT2D eigenvalue weighted by molar-refractivity contribution is 7.15. The fourth-order valence-corrected chi connectivity index (χ4v) is 3.37. The molecule has 0 aliphatic carbocycles. The molecule has 1 fully saturated rings. The predicted octanol–water partition coefficient (Wildman–Crippen LogP) is 3.43. The fraction of sp³-hybridized carbons (Fsp3) is 0.800. The second-order valence-corrected chi connectivity index (χ2v) is 6.76. The van der Waals surface area contributed by atoms with E-state index in [1.807, 2.05) is 0 Å². The van der Waals surface area contributed by atoms with Gasteiger partial charge >= 0.3 is 0 Å². The van der Waals surface area contributed by atoms with Gasteiger partial charge in [-0.1, -0.05) is 43.9 Å². The standard InChI is InChI=1S/C15H26N4OS/c1-2-3-4-6-9-13(20)16-15-18-17-14(21-15)12-19-10-7-5-8-11-19/h2-12H2,1H3,(H,16,18,20). The number of hydrogen-bond donors (Lipinski definition) is 1. The van der Waals surface area contributed by atoms with Crippen molar-refractivity contribution >= 4 is 22.4 Å². The van der Waals surface area contributed by atoms with Crippen molar-refractivity contribution in [3.8, 4) is 0 Å². The number of nitrogens with zero attached hydrogens (tertiary/aromatic N) is 3. The van der Waals surface area contributed by atoms with Gasteiger partial charge in [-0.2, -0.15) is 0 Å². The summed E-state index contributed by atoms with van der Waals surface area (Å²) in [5.41, 5.74) is 0. The van der Waals surface area contributed by atoms with E-state index in [0.717, 1.165) is 37.5 Å². The van der Waals surface area contributed by atoms with Crippen LogP contribution in [0.15, 0.2) is 0 Å². The Bertz CT molecular complexity index is 429. The van der Waals surface area contributed by atoms with Gasteiger partial charge in [-0.25, -0.2) is 0 Å². The first-order chi connectivity index (χ1) is 10.3. The van der Waals surface area contributed by atoms with Crippen LogP contribution in [0.5, 0.6) is 0 Å². The minimum absolute atomic E-state index is 0.0618. The molecule has 1 N–H and O–H groups in total. The van der Waals surface area contributed by atoms with Crippen molar-refractivity contribution in [3.63, 3.8) is 0 Å². The van der Waals surface area contributed by atoms with Crippen molar-refractivity contribution < 1.29 is 4.79 Å². The van der Waals surface area contributed by atoms with Gasteiger partial charge in [0.15, 0.2) is 0 Å². The Morgan fingerprint density at radius 1 is 1.19 bits per heavy atom. The van der Waals surface area contributed by atoms with E-state index in [1.54, 1.807) is 0 Å². The maximum atomic E-state index is 11.8. The second-order valence-electron chi connectivity index (χ2n) is 5.70. The van der Waals surface area contributed by atoms with Crippen LogP contribution in [-0.2, 0) is 11.3 Å². The van der Waals surface area contributed by atoms with Crippen LogP contribution in [0.4, 0.5) is 5.13 Å². The molecule has 0 unspecified atom stereocenters. The van der Waals surface area contributed by atoms with E-state index in [9.17, 15) is 4.79 Å². The Morgan fingerprint density at radius 3 is 2.76 bits per heavy atom. The molecular formula is C15H26N4OS. The van der Waals surface area contributed by atoms with Gasteiger partial charge in [0, 0.05) is 6.42 Å². The Labute approximate surface area is 131 Å². The quantitative estimate of drug-likeness (QED) is 0.747. The van der Waals surface area contributed by atoms with Gasteiger partial charge in [0.2, 0.25) is 11.0 Å². The lowest BCUT2D eigenvalue weighted by Gasteiger charge is -2.24. The van der Waals surface area contributed by atoms with Gasteiger partial charge in [-0.3, -0.25) is 9.69 Å². The first-order valence-corrected chi connectivity index (χ1v) is 8.94. The smallest absolute Gasteiger partial charge is 0.226 e. The zero-order valence-corrected chi connectivity index (χ0v) is 13.8. The summed E-state index contributed by atoms with van der Waals surface area (Å²) >= 11 is 1.50. The van der Waals surface area contributed by atoms with E-state index in [0.29, 0.717) is 11.6 Å². The minimum Gasteiger partial charge on any atom is -0.301 e. The number of aromatic nitrogens is 2. The van der Waals surface area contributed by atoms with Crippen molar-refractivity contribution in [1.82, 2.24) is 15.1 Å². The summed E-state index contributed by atoms with van der Waals surface area (Å²) in [6.07, 6.45) is 8.95.